The Kier molecular flexibility index (Phi) is 9.63. The maximum atomic E-state index is 15.4. The molecule has 16 heteroatoms. The Labute approximate surface area is 339 Å². The summed E-state index contributed by atoms with van der Waals surface area (Å²) in [7, 11) is 0. The summed E-state index contributed by atoms with van der Waals surface area (Å²) in [5.74, 6) is -7.98. The fourth-order valence-electron chi connectivity index (χ4n) is 9.24. The number of rotatable bonds is 8. The maximum Gasteiger partial charge on any atom is 0.417 e. The summed E-state index contributed by atoms with van der Waals surface area (Å²) >= 11 is 12.6. The number of nitrogens with zero attached hydrogens (tertiary/aromatic N) is 3. The molecule has 3 heterocycles. The molecule has 0 radical (unpaired) electrons. The van der Waals surface area contributed by atoms with Gasteiger partial charge in [-0.25, -0.2) is 4.98 Å². The van der Waals surface area contributed by atoms with Gasteiger partial charge in [-0.2, -0.15) is 18.2 Å². The van der Waals surface area contributed by atoms with Crippen molar-refractivity contribution in [2.45, 2.75) is 44.2 Å². The predicted octanol–water partition coefficient (Wildman–Crippen LogP) is 7.90. The summed E-state index contributed by atoms with van der Waals surface area (Å²) in [6, 6.07) is 17.7. The van der Waals surface area contributed by atoms with Crippen LogP contribution in [-0.2, 0) is 30.8 Å². The predicted molar refractivity (Wildman–Crippen MR) is 205 cm³/mol. The molecule has 2 N–H and O–H groups in total. The molecular formula is C42H33Cl2F3N4O7. The van der Waals surface area contributed by atoms with E-state index in [1.807, 2.05) is 6.08 Å². The SMILES string of the molecule is CCOc1cc(C2C3=CCC4C(=O)N(c5ccc(C(C)=O)cc5)C(=O)C4C3CC3C(=O)N(Nc4ncc(C(F)(F)F)cc4Cl)C(=O)C32c2ccc(Cl)cc2)ccc1O. The number of carbonyl (C=O) groups excluding carboxylic acids is 5. The Morgan fingerprint density at radius 1 is 0.966 bits per heavy atom. The molecule has 2 aliphatic heterocycles. The molecule has 11 nitrogen and oxygen atoms in total. The van der Waals surface area contributed by atoms with Crippen LogP contribution in [0.2, 0.25) is 10.0 Å². The number of anilines is 2. The highest BCUT2D eigenvalue weighted by Gasteiger charge is 2.70. The standard InChI is InChI=1S/C42H33Cl2F3N4O7/c1-3-58-33-16-22(6-15-32(33)53)35-27-13-14-28-34(39(56)50(37(28)54)26-11-4-21(5-12-26)20(2)52)29(27)18-30-38(55)51(40(57)41(30,35)23-7-9-25(43)10-8-23)49-36-31(44)17-24(19-48-36)42(45,46)47/h4-13,15-17,19,28-30,34-35,53H,3,14,18H2,1-2H3,(H,48,49). The highest BCUT2D eigenvalue weighted by atomic mass is 35.5. The molecule has 1 aromatic heterocycles. The molecule has 0 bridgehead atoms. The van der Waals surface area contributed by atoms with E-state index in [1.54, 1.807) is 43.3 Å². The molecule has 4 amide bonds. The molecule has 3 fully saturated rings. The molecular weight excluding hydrogens is 800 g/mol. The van der Waals surface area contributed by atoms with E-state index in [0.717, 1.165) is 4.90 Å². The number of phenols is 1. The monoisotopic (exact) mass is 832 g/mol. The van der Waals surface area contributed by atoms with E-state index in [-0.39, 0.29) is 48.2 Å². The van der Waals surface area contributed by atoms with Crippen molar-refractivity contribution in [3.05, 3.63) is 123 Å². The minimum Gasteiger partial charge on any atom is -0.504 e. The topological polar surface area (TPSA) is 146 Å². The van der Waals surface area contributed by atoms with Gasteiger partial charge in [-0.3, -0.25) is 34.3 Å². The van der Waals surface area contributed by atoms with Gasteiger partial charge in [0.15, 0.2) is 23.1 Å². The van der Waals surface area contributed by atoms with Crippen LogP contribution in [0.5, 0.6) is 11.5 Å². The third-order valence-corrected chi connectivity index (χ3v) is 12.2. The van der Waals surface area contributed by atoms with Crippen LogP contribution in [0, 0.1) is 23.7 Å². The van der Waals surface area contributed by atoms with Crippen molar-refractivity contribution in [3.63, 3.8) is 0 Å². The van der Waals surface area contributed by atoms with E-state index in [1.165, 1.54) is 37.3 Å². The van der Waals surface area contributed by atoms with E-state index in [0.29, 0.717) is 44.6 Å². The number of halogens is 5. The number of imide groups is 2. The Hall–Kier alpha value is -5.73. The number of amides is 4. The molecule has 2 saturated heterocycles. The molecule has 6 atom stereocenters. The van der Waals surface area contributed by atoms with Crippen molar-refractivity contribution in [3.8, 4) is 11.5 Å². The maximum absolute atomic E-state index is 15.4. The van der Waals surface area contributed by atoms with Crippen LogP contribution in [-0.4, -0.2) is 51.1 Å². The zero-order valence-corrected chi connectivity index (χ0v) is 32.2. The molecule has 3 aromatic carbocycles. The van der Waals surface area contributed by atoms with E-state index in [9.17, 15) is 37.5 Å². The number of hydrogen-bond acceptors (Lipinski definition) is 9. The third-order valence-electron chi connectivity index (χ3n) is 11.7. The first kappa shape index (κ1) is 39.1. The lowest BCUT2D eigenvalue weighted by molar-refractivity contribution is -0.139. The van der Waals surface area contributed by atoms with Crippen LogP contribution in [0.3, 0.4) is 0 Å². The molecule has 8 rings (SSSR count). The van der Waals surface area contributed by atoms with Crippen LogP contribution in [0.4, 0.5) is 24.7 Å². The molecule has 298 valence electrons. The van der Waals surface area contributed by atoms with E-state index >= 15 is 4.79 Å². The van der Waals surface area contributed by atoms with Crippen LogP contribution in [0.15, 0.2) is 90.6 Å². The lowest BCUT2D eigenvalue weighted by atomic mass is 9.49. The smallest absolute Gasteiger partial charge is 0.417 e. The number of alkyl halides is 3. The Morgan fingerprint density at radius 3 is 2.31 bits per heavy atom. The number of benzene rings is 3. The van der Waals surface area contributed by atoms with Gasteiger partial charge < -0.3 is 9.84 Å². The van der Waals surface area contributed by atoms with Gasteiger partial charge >= 0.3 is 6.18 Å². The highest BCUT2D eigenvalue weighted by Crippen LogP contribution is 2.64. The van der Waals surface area contributed by atoms with Crippen molar-refractivity contribution in [1.82, 2.24) is 9.99 Å². The van der Waals surface area contributed by atoms with Crippen molar-refractivity contribution in [2.24, 2.45) is 23.7 Å². The molecule has 1 saturated carbocycles. The fourth-order valence-corrected chi connectivity index (χ4v) is 9.57. The summed E-state index contributed by atoms with van der Waals surface area (Å²) in [4.78, 5) is 75.9. The number of aromatic nitrogens is 1. The lowest BCUT2D eigenvalue weighted by Gasteiger charge is -2.50. The summed E-state index contributed by atoms with van der Waals surface area (Å²) < 4.78 is 46.3. The molecule has 58 heavy (non-hydrogen) atoms. The first-order valence-corrected chi connectivity index (χ1v) is 19.1. The molecule has 4 aliphatic rings. The van der Waals surface area contributed by atoms with Crippen molar-refractivity contribution >= 4 is 64.1 Å². The summed E-state index contributed by atoms with van der Waals surface area (Å²) in [5.41, 5.74) is 1.77. The van der Waals surface area contributed by atoms with Crippen molar-refractivity contribution < 1.29 is 47.0 Å². The fraction of sp³-hybridized carbons (Fsp3) is 0.286. The van der Waals surface area contributed by atoms with E-state index < -0.39 is 75.4 Å². The average Bonchev–Trinajstić information content (AvgIpc) is 3.57. The number of nitrogens with one attached hydrogen (secondary N) is 1. The van der Waals surface area contributed by atoms with Gasteiger partial charge in [-0.1, -0.05) is 53.1 Å². The van der Waals surface area contributed by atoms with E-state index in [2.05, 4.69) is 10.4 Å². The lowest BCUT2D eigenvalue weighted by Crippen LogP contribution is -2.53. The number of pyridine rings is 1. The number of aromatic hydroxyl groups is 1. The number of hydrazine groups is 1. The second-order valence-corrected chi connectivity index (χ2v) is 15.5. The summed E-state index contributed by atoms with van der Waals surface area (Å²) in [6.07, 6.45) is -2.37. The van der Waals surface area contributed by atoms with Gasteiger partial charge in [0.2, 0.25) is 11.8 Å². The third kappa shape index (κ3) is 6.03. The van der Waals surface area contributed by atoms with Gasteiger partial charge in [-0.15, -0.1) is 0 Å². The Bertz CT molecular complexity index is 2440. The number of Topliss-reactive ketones (excluding diaryl/α,β-unsaturated/α-hetero) is 1. The molecule has 2 aliphatic carbocycles. The Balaban J connectivity index is 1.30. The van der Waals surface area contributed by atoms with Crippen molar-refractivity contribution in [2.75, 3.05) is 16.9 Å². The number of hydrogen-bond donors (Lipinski definition) is 2. The van der Waals surface area contributed by atoms with Gasteiger partial charge in [0.05, 0.1) is 46.0 Å². The van der Waals surface area contributed by atoms with E-state index in [4.69, 9.17) is 27.9 Å². The number of allylic oxidation sites excluding steroid dienone is 2. The second kappa shape index (κ2) is 14.3. The summed E-state index contributed by atoms with van der Waals surface area (Å²) in [6.45, 7) is 3.30. The molecule has 4 aromatic rings. The van der Waals surface area contributed by atoms with Crippen LogP contribution in [0.25, 0.3) is 0 Å². The van der Waals surface area contributed by atoms with Gasteiger partial charge in [0.25, 0.3) is 11.8 Å². The minimum atomic E-state index is -4.77. The zero-order chi connectivity index (χ0) is 41.4. The quantitative estimate of drug-likeness (QED) is 0.103. The number of ketones is 1. The average molecular weight is 834 g/mol. The number of carbonyl (C=O) groups is 5. The summed E-state index contributed by atoms with van der Waals surface area (Å²) in [5, 5.41) is 11.3. The van der Waals surface area contributed by atoms with Crippen LogP contribution < -0.4 is 15.1 Å². The van der Waals surface area contributed by atoms with Gasteiger partial charge in [0.1, 0.15) is 0 Å². The normalized spacial score (nSPS) is 25.3. The zero-order valence-electron chi connectivity index (χ0n) is 30.7. The van der Waals surface area contributed by atoms with Gasteiger partial charge in [0, 0.05) is 22.7 Å². The second-order valence-electron chi connectivity index (χ2n) is 14.7. The largest absolute Gasteiger partial charge is 0.504 e. The number of phenolic OH excluding ortho intramolecular Hbond substituents is 1. The molecule has 6 unspecified atom stereocenters. The number of fused-ring (bicyclic) bond motifs is 4. The van der Waals surface area contributed by atoms with Crippen LogP contribution in [0.1, 0.15) is 59.7 Å². The minimum absolute atomic E-state index is 0.0877. The first-order chi connectivity index (χ1) is 27.6. The van der Waals surface area contributed by atoms with Gasteiger partial charge in [-0.05, 0) is 98.3 Å². The number of ether oxygens (including phenoxy) is 1. The first-order valence-electron chi connectivity index (χ1n) is 18.4. The Morgan fingerprint density at radius 2 is 1.67 bits per heavy atom. The molecule has 0 spiro atoms. The highest BCUT2D eigenvalue weighted by molar-refractivity contribution is 6.33. The van der Waals surface area contributed by atoms with Crippen molar-refractivity contribution in [1.29, 1.82) is 0 Å². The van der Waals surface area contributed by atoms with Crippen LogP contribution >= 0.6 is 23.2 Å².